The lowest BCUT2D eigenvalue weighted by molar-refractivity contribution is -0.114. The number of rotatable bonds is 3. The zero-order valence-corrected chi connectivity index (χ0v) is 14.4. The van der Waals surface area contributed by atoms with Crippen molar-refractivity contribution in [2.45, 2.75) is 44.0 Å². The minimum atomic E-state index is -0.304. The van der Waals surface area contributed by atoms with Crippen molar-refractivity contribution in [1.82, 2.24) is 14.7 Å². The number of carbonyl (C=O) groups excluding carboxylic acids is 2. The zero-order valence-electron chi connectivity index (χ0n) is 14.4. The van der Waals surface area contributed by atoms with E-state index in [-0.39, 0.29) is 24.3 Å². The van der Waals surface area contributed by atoms with E-state index in [4.69, 9.17) is 4.74 Å². The van der Waals surface area contributed by atoms with Gasteiger partial charge in [0.2, 0.25) is 0 Å². The molecule has 8 heteroatoms. The Kier molecular flexibility index (Phi) is 4.80. The summed E-state index contributed by atoms with van der Waals surface area (Å²) in [5.74, 6) is -0.304. The van der Waals surface area contributed by atoms with E-state index in [0.717, 1.165) is 58.2 Å². The number of likely N-dealkylation sites (tertiary alicyclic amines) is 1. The van der Waals surface area contributed by atoms with Crippen molar-refractivity contribution in [1.29, 1.82) is 0 Å². The molecule has 3 aliphatic heterocycles. The number of hydrogen-bond donors (Lipinski definition) is 0. The van der Waals surface area contributed by atoms with Crippen molar-refractivity contribution in [3.8, 4) is 0 Å². The number of ether oxygens (including phenoxy) is 1. The lowest BCUT2D eigenvalue weighted by Gasteiger charge is -2.37. The van der Waals surface area contributed by atoms with Crippen LogP contribution in [0.4, 0.5) is 4.79 Å². The summed E-state index contributed by atoms with van der Waals surface area (Å²) in [5.41, 5.74) is 0. The highest BCUT2D eigenvalue weighted by Gasteiger charge is 2.34. The molecule has 4 rings (SSSR count). The largest absolute Gasteiger partial charge is 0.446 e. The Balaban J connectivity index is 1.19. The standard InChI is InChI=1S/C17H25N5O3/c23-16-4-3-15(18-19-16)21-7-5-14(6-8-21)25-17(24)22-11-9-20(10-12-22)13-1-2-13/h3-4,13-15H,1-2,5-12H2. The van der Waals surface area contributed by atoms with Gasteiger partial charge in [0, 0.05) is 51.4 Å². The second-order valence-electron chi connectivity index (χ2n) is 7.20. The zero-order chi connectivity index (χ0) is 17.2. The molecular formula is C17H25N5O3. The fourth-order valence-electron chi connectivity index (χ4n) is 3.74. The molecule has 1 saturated carbocycles. The van der Waals surface area contributed by atoms with Gasteiger partial charge in [-0.25, -0.2) is 4.79 Å². The van der Waals surface area contributed by atoms with Crippen LogP contribution in [0.2, 0.25) is 0 Å². The molecule has 1 aliphatic carbocycles. The van der Waals surface area contributed by atoms with Crippen molar-refractivity contribution in [3.63, 3.8) is 0 Å². The molecule has 0 radical (unpaired) electrons. The van der Waals surface area contributed by atoms with Gasteiger partial charge < -0.3 is 9.64 Å². The van der Waals surface area contributed by atoms with Gasteiger partial charge in [-0.2, -0.15) is 5.11 Å². The molecule has 3 heterocycles. The Bertz CT molecular complexity index is 557. The second kappa shape index (κ2) is 7.21. The van der Waals surface area contributed by atoms with Gasteiger partial charge in [-0.3, -0.25) is 14.6 Å². The molecule has 2 amide bonds. The first-order valence-electron chi connectivity index (χ1n) is 9.26. The van der Waals surface area contributed by atoms with E-state index in [9.17, 15) is 9.59 Å². The van der Waals surface area contributed by atoms with E-state index >= 15 is 0 Å². The summed E-state index contributed by atoms with van der Waals surface area (Å²) in [6.07, 6.45) is 7.09. The first-order valence-corrected chi connectivity index (χ1v) is 9.26. The molecule has 0 N–H and O–H groups in total. The van der Waals surface area contributed by atoms with Gasteiger partial charge in [0.15, 0.2) is 0 Å². The van der Waals surface area contributed by atoms with Crippen molar-refractivity contribution in [2.24, 2.45) is 10.2 Å². The number of amides is 2. The summed E-state index contributed by atoms with van der Waals surface area (Å²) in [6, 6.07) is 0.767. The Labute approximate surface area is 147 Å². The predicted octanol–water partition coefficient (Wildman–Crippen LogP) is 1.24. The quantitative estimate of drug-likeness (QED) is 0.768. The van der Waals surface area contributed by atoms with Crippen LogP contribution in [0.25, 0.3) is 0 Å². The fourth-order valence-corrected chi connectivity index (χ4v) is 3.74. The number of carbonyl (C=O) groups is 2. The molecule has 2 saturated heterocycles. The van der Waals surface area contributed by atoms with Crippen LogP contribution < -0.4 is 0 Å². The van der Waals surface area contributed by atoms with Crippen LogP contribution >= 0.6 is 0 Å². The van der Waals surface area contributed by atoms with Crippen molar-refractivity contribution in [2.75, 3.05) is 39.3 Å². The summed E-state index contributed by atoms with van der Waals surface area (Å²) in [5, 5.41) is 7.61. The van der Waals surface area contributed by atoms with Gasteiger partial charge in [0.1, 0.15) is 12.3 Å². The maximum Gasteiger partial charge on any atom is 0.410 e. The van der Waals surface area contributed by atoms with Crippen LogP contribution in [0.1, 0.15) is 25.7 Å². The molecule has 25 heavy (non-hydrogen) atoms. The van der Waals surface area contributed by atoms with Crippen LogP contribution in [0.15, 0.2) is 22.4 Å². The van der Waals surface area contributed by atoms with Crippen LogP contribution in [0, 0.1) is 0 Å². The van der Waals surface area contributed by atoms with Gasteiger partial charge in [0.05, 0.1) is 0 Å². The third-order valence-corrected chi connectivity index (χ3v) is 5.44. The molecule has 0 spiro atoms. The van der Waals surface area contributed by atoms with Gasteiger partial charge in [0.25, 0.3) is 5.91 Å². The molecule has 0 aromatic heterocycles. The molecule has 0 aromatic rings. The summed E-state index contributed by atoms with van der Waals surface area (Å²) >= 11 is 0. The van der Waals surface area contributed by atoms with Crippen LogP contribution in [-0.4, -0.2) is 84.3 Å². The number of piperidine rings is 1. The average Bonchev–Trinajstić information content (AvgIpc) is 3.48. The summed E-state index contributed by atoms with van der Waals surface area (Å²) in [7, 11) is 0. The normalized spacial score (nSPS) is 29.2. The molecule has 0 bridgehead atoms. The maximum absolute atomic E-state index is 12.4. The number of nitrogens with zero attached hydrogens (tertiary/aromatic N) is 5. The summed E-state index contributed by atoms with van der Waals surface area (Å²) in [4.78, 5) is 29.9. The second-order valence-corrected chi connectivity index (χ2v) is 7.20. The van der Waals surface area contributed by atoms with Crippen LogP contribution in [-0.2, 0) is 9.53 Å². The van der Waals surface area contributed by atoms with Gasteiger partial charge in [-0.15, -0.1) is 5.11 Å². The topological polar surface area (TPSA) is 77.8 Å². The molecule has 1 unspecified atom stereocenters. The monoisotopic (exact) mass is 347 g/mol. The highest BCUT2D eigenvalue weighted by molar-refractivity contribution is 5.88. The number of hydrogen-bond acceptors (Lipinski definition) is 6. The van der Waals surface area contributed by atoms with Crippen molar-refractivity contribution >= 4 is 12.0 Å². The third kappa shape index (κ3) is 4.07. The van der Waals surface area contributed by atoms with E-state index in [0.29, 0.717) is 0 Å². The van der Waals surface area contributed by atoms with Gasteiger partial charge in [-0.05, 0) is 31.8 Å². The smallest absolute Gasteiger partial charge is 0.410 e. The van der Waals surface area contributed by atoms with E-state index in [1.54, 1.807) is 6.08 Å². The first-order chi connectivity index (χ1) is 12.2. The molecule has 136 valence electrons. The van der Waals surface area contributed by atoms with Gasteiger partial charge in [-0.1, -0.05) is 0 Å². The Morgan fingerprint density at radius 1 is 1.00 bits per heavy atom. The lowest BCUT2D eigenvalue weighted by Crippen LogP contribution is -2.50. The highest BCUT2D eigenvalue weighted by atomic mass is 16.6. The van der Waals surface area contributed by atoms with Crippen LogP contribution in [0.3, 0.4) is 0 Å². The van der Waals surface area contributed by atoms with E-state index in [1.165, 1.54) is 18.9 Å². The Morgan fingerprint density at radius 2 is 1.72 bits per heavy atom. The number of piperazine rings is 1. The van der Waals surface area contributed by atoms with E-state index in [1.807, 2.05) is 4.90 Å². The van der Waals surface area contributed by atoms with E-state index in [2.05, 4.69) is 20.0 Å². The molecule has 3 fully saturated rings. The van der Waals surface area contributed by atoms with Crippen LogP contribution in [0.5, 0.6) is 0 Å². The van der Waals surface area contributed by atoms with Crippen molar-refractivity contribution in [3.05, 3.63) is 12.2 Å². The SMILES string of the molecule is O=C1C=CC(N2CCC(OC(=O)N3CCN(C4CC4)CC3)CC2)N=N1. The third-order valence-electron chi connectivity index (χ3n) is 5.44. The molecule has 1 atom stereocenters. The average molecular weight is 347 g/mol. The summed E-state index contributed by atoms with van der Waals surface area (Å²) in [6.45, 7) is 5.06. The molecule has 0 aromatic carbocycles. The lowest BCUT2D eigenvalue weighted by atomic mass is 10.1. The van der Waals surface area contributed by atoms with Crippen molar-refractivity contribution < 1.29 is 14.3 Å². The van der Waals surface area contributed by atoms with E-state index < -0.39 is 0 Å². The Morgan fingerprint density at radius 3 is 2.32 bits per heavy atom. The predicted molar refractivity (Wildman–Crippen MR) is 90.0 cm³/mol. The van der Waals surface area contributed by atoms with Gasteiger partial charge >= 0.3 is 6.09 Å². The minimum Gasteiger partial charge on any atom is -0.446 e. The first kappa shape index (κ1) is 16.7. The Hall–Kier alpha value is -1.80. The molecule has 8 nitrogen and oxygen atoms in total. The fraction of sp³-hybridized carbons (Fsp3) is 0.765. The minimum absolute atomic E-state index is 0.0312. The summed E-state index contributed by atoms with van der Waals surface area (Å²) < 4.78 is 5.71. The molecule has 4 aliphatic rings. The number of azo groups is 1. The maximum atomic E-state index is 12.4. The highest BCUT2D eigenvalue weighted by Crippen LogP contribution is 2.27. The molecular weight excluding hydrogens is 322 g/mol.